The van der Waals surface area contributed by atoms with Gasteiger partial charge in [-0.3, -0.25) is 0 Å². The number of anilines is 1. The normalized spacial score (nSPS) is 10.4. The first kappa shape index (κ1) is 18.5. The number of halogens is 1. The molecule has 0 radical (unpaired) electrons. The summed E-state index contributed by atoms with van der Waals surface area (Å²) in [5.41, 5.74) is 1.28. The summed E-state index contributed by atoms with van der Waals surface area (Å²) < 4.78 is 15.6. The van der Waals surface area contributed by atoms with Crippen LogP contribution in [0.2, 0.25) is 5.02 Å². The Morgan fingerprint density at radius 3 is 2.36 bits per heavy atom. The third kappa shape index (κ3) is 4.81. The van der Waals surface area contributed by atoms with Crippen LogP contribution in [-0.2, 0) is 0 Å². The molecule has 0 fully saturated rings. The highest BCUT2D eigenvalue weighted by Gasteiger charge is 2.12. The number of nitrogens with one attached hydrogen (secondary N) is 2. The van der Waals surface area contributed by atoms with Crippen LogP contribution >= 0.6 is 11.6 Å². The molecule has 7 heteroatoms. The van der Waals surface area contributed by atoms with Crippen LogP contribution in [0.5, 0.6) is 17.2 Å². The van der Waals surface area contributed by atoms with Gasteiger partial charge in [0.15, 0.2) is 0 Å². The zero-order chi connectivity index (χ0) is 18.2. The zero-order valence-electron chi connectivity index (χ0n) is 14.1. The number of carbonyl (C=O) groups is 1. The molecule has 0 heterocycles. The Morgan fingerprint density at radius 2 is 1.68 bits per heavy atom. The molecule has 132 valence electrons. The maximum atomic E-state index is 12.1. The largest absolute Gasteiger partial charge is 0.496 e. The molecule has 0 aliphatic heterocycles. The van der Waals surface area contributed by atoms with Crippen molar-refractivity contribution >= 4 is 29.4 Å². The van der Waals surface area contributed by atoms with E-state index in [9.17, 15) is 4.79 Å². The molecule has 0 aromatic heterocycles. The van der Waals surface area contributed by atoms with Gasteiger partial charge in [0.05, 0.1) is 32.0 Å². The number of ether oxygens (including phenoxy) is 3. The second-order valence-corrected chi connectivity index (χ2v) is 5.27. The van der Waals surface area contributed by atoms with E-state index >= 15 is 0 Å². The van der Waals surface area contributed by atoms with Crippen molar-refractivity contribution in [2.45, 2.75) is 0 Å². The lowest BCUT2D eigenvalue weighted by molar-refractivity contribution is 0.255. The second-order valence-electron chi connectivity index (χ2n) is 4.86. The maximum Gasteiger partial charge on any atom is 0.323 e. The van der Waals surface area contributed by atoms with Crippen LogP contribution in [-0.4, -0.2) is 27.4 Å². The highest BCUT2D eigenvalue weighted by Crippen LogP contribution is 2.35. The van der Waals surface area contributed by atoms with Gasteiger partial charge >= 0.3 is 6.03 Å². The first-order valence-electron chi connectivity index (χ1n) is 7.37. The highest BCUT2D eigenvalue weighted by atomic mass is 35.5. The highest BCUT2D eigenvalue weighted by molar-refractivity contribution is 6.32. The zero-order valence-corrected chi connectivity index (χ0v) is 14.9. The van der Waals surface area contributed by atoms with E-state index in [-0.39, 0.29) is 0 Å². The Labute approximate surface area is 151 Å². The molecule has 2 aromatic rings. The number of hydrogen-bond donors (Lipinski definition) is 2. The van der Waals surface area contributed by atoms with Gasteiger partial charge in [-0.1, -0.05) is 29.8 Å². The van der Waals surface area contributed by atoms with Crippen molar-refractivity contribution in [3.05, 3.63) is 53.2 Å². The number of carbonyl (C=O) groups excluding carboxylic acids is 1. The average Bonchev–Trinajstić information content (AvgIpc) is 2.63. The molecule has 25 heavy (non-hydrogen) atoms. The molecule has 2 rings (SSSR count). The Kier molecular flexibility index (Phi) is 6.54. The maximum absolute atomic E-state index is 12.1. The fourth-order valence-corrected chi connectivity index (χ4v) is 2.36. The SMILES string of the molecule is COc1cc(NC(=O)N/C=C/c2ccccc2OC)c(OC)cc1Cl. The van der Waals surface area contributed by atoms with Crippen LogP contribution in [0.25, 0.3) is 6.08 Å². The van der Waals surface area contributed by atoms with Gasteiger partial charge in [-0.25, -0.2) is 4.79 Å². The van der Waals surface area contributed by atoms with Crippen molar-refractivity contribution in [3.63, 3.8) is 0 Å². The van der Waals surface area contributed by atoms with E-state index in [1.54, 1.807) is 25.3 Å². The summed E-state index contributed by atoms with van der Waals surface area (Å²) in [6.45, 7) is 0. The lowest BCUT2D eigenvalue weighted by Gasteiger charge is -2.13. The molecule has 0 saturated carbocycles. The molecule has 6 nitrogen and oxygen atoms in total. The number of urea groups is 1. The van der Waals surface area contributed by atoms with E-state index in [1.807, 2.05) is 24.3 Å². The molecular formula is C18H19ClN2O4. The molecule has 0 spiro atoms. The molecule has 2 aromatic carbocycles. The first-order chi connectivity index (χ1) is 12.1. The van der Waals surface area contributed by atoms with Gasteiger partial charge in [-0.2, -0.15) is 0 Å². The summed E-state index contributed by atoms with van der Waals surface area (Å²) in [4.78, 5) is 12.1. The fraction of sp³-hybridized carbons (Fsp3) is 0.167. The average molecular weight is 363 g/mol. The Morgan fingerprint density at radius 1 is 1.00 bits per heavy atom. The van der Waals surface area contributed by atoms with Gasteiger partial charge in [-0.05, 0) is 12.1 Å². The van der Waals surface area contributed by atoms with E-state index in [2.05, 4.69) is 10.6 Å². The number of methoxy groups -OCH3 is 3. The van der Waals surface area contributed by atoms with Gasteiger partial charge in [0.1, 0.15) is 17.2 Å². The van der Waals surface area contributed by atoms with Crippen LogP contribution in [0.1, 0.15) is 5.56 Å². The smallest absolute Gasteiger partial charge is 0.323 e. The summed E-state index contributed by atoms with van der Waals surface area (Å²) >= 11 is 6.04. The number of rotatable bonds is 6. The Bertz CT molecular complexity index is 778. The fourth-order valence-electron chi connectivity index (χ4n) is 2.13. The molecular weight excluding hydrogens is 344 g/mol. The predicted octanol–water partition coefficient (Wildman–Crippen LogP) is 4.16. The Hall–Kier alpha value is -2.86. The topological polar surface area (TPSA) is 68.8 Å². The molecule has 0 bridgehead atoms. The minimum absolute atomic E-state index is 0.390. The molecule has 2 N–H and O–H groups in total. The number of amides is 2. The third-order valence-electron chi connectivity index (χ3n) is 3.34. The molecule has 2 amide bonds. The summed E-state index contributed by atoms with van der Waals surface area (Å²) in [7, 11) is 4.57. The van der Waals surface area contributed by atoms with Crippen LogP contribution in [0.4, 0.5) is 10.5 Å². The van der Waals surface area contributed by atoms with Crippen LogP contribution in [0, 0.1) is 0 Å². The molecule has 0 atom stereocenters. The van der Waals surface area contributed by atoms with E-state index in [0.29, 0.717) is 28.0 Å². The third-order valence-corrected chi connectivity index (χ3v) is 3.63. The number of para-hydroxylation sites is 1. The number of hydrogen-bond acceptors (Lipinski definition) is 4. The van der Waals surface area contributed by atoms with Crippen molar-refractivity contribution in [3.8, 4) is 17.2 Å². The second kappa shape index (κ2) is 8.84. The van der Waals surface area contributed by atoms with Gasteiger partial charge in [-0.15, -0.1) is 0 Å². The Balaban J connectivity index is 2.06. The lowest BCUT2D eigenvalue weighted by Crippen LogP contribution is -2.24. The number of benzene rings is 2. The van der Waals surface area contributed by atoms with Crippen LogP contribution in [0.15, 0.2) is 42.6 Å². The minimum atomic E-state index is -0.436. The summed E-state index contributed by atoms with van der Waals surface area (Å²) in [6.07, 6.45) is 3.25. The van der Waals surface area contributed by atoms with Gasteiger partial charge in [0.25, 0.3) is 0 Å². The standard InChI is InChI=1S/C18H19ClN2O4/c1-23-15-7-5-4-6-12(15)8-9-20-18(22)21-14-11-16(24-2)13(19)10-17(14)25-3/h4-11H,1-3H3,(H2,20,21,22)/b9-8+. The molecule has 0 aliphatic carbocycles. The van der Waals surface area contributed by atoms with Crippen molar-refractivity contribution in [2.24, 2.45) is 0 Å². The van der Waals surface area contributed by atoms with Crippen molar-refractivity contribution < 1.29 is 19.0 Å². The van der Waals surface area contributed by atoms with E-state index in [0.717, 1.165) is 5.56 Å². The molecule has 0 saturated heterocycles. The monoisotopic (exact) mass is 362 g/mol. The van der Waals surface area contributed by atoms with Crippen molar-refractivity contribution in [1.82, 2.24) is 5.32 Å². The van der Waals surface area contributed by atoms with Gasteiger partial charge in [0.2, 0.25) is 0 Å². The van der Waals surface area contributed by atoms with Crippen molar-refractivity contribution in [1.29, 1.82) is 0 Å². The predicted molar refractivity (Wildman–Crippen MR) is 98.7 cm³/mol. The summed E-state index contributed by atoms with van der Waals surface area (Å²) in [5, 5.41) is 5.69. The summed E-state index contributed by atoms with van der Waals surface area (Å²) in [5.74, 6) is 1.57. The van der Waals surface area contributed by atoms with E-state index in [1.165, 1.54) is 20.4 Å². The van der Waals surface area contributed by atoms with E-state index < -0.39 is 6.03 Å². The van der Waals surface area contributed by atoms with Gasteiger partial charge < -0.3 is 24.8 Å². The van der Waals surface area contributed by atoms with Crippen molar-refractivity contribution in [2.75, 3.05) is 26.6 Å². The molecule has 0 unspecified atom stereocenters. The minimum Gasteiger partial charge on any atom is -0.496 e. The lowest BCUT2D eigenvalue weighted by atomic mass is 10.2. The van der Waals surface area contributed by atoms with E-state index in [4.69, 9.17) is 25.8 Å². The van der Waals surface area contributed by atoms with Gasteiger partial charge in [0, 0.05) is 23.9 Å². The quantitative estimate of drug-likeness (QED) is 0.809. The first-order valence-corrected chi connectivity index (χ1v) is 7.75. The van der Waals surface area contributed by atoms with Crippen LogP contribution in [0.3, 0.4) is 0 Å². The molecule has 0 aliphatic rings. The summed E-state index contributed by atoms with van der Waals surface area (Å²) in [6, 6.07) is 10.2. The van der Waals surface area contributed by atoms with Crippen LogP contribution < -0.4 is 24.8 Å².